The van der Waals surface area contributed by atoms with Crippen LogP contribution in [0.25, 0.3) is 0 Å². The number of carbonyl (C=O) groups excluding carboxylic acids is 2. The number of H-pyrrole nitrogens is 1. The summed E-state index contributed by atoms with van der Waals surface area (Å²) in [6.07, 6.45) is 10.0. The number of allylic oxidation sites excluding steroid dienone is 2. The molecule has 288 valence electrons. The molecule has 1 aromatic heterocycles. The van der Waals surface area contributed by atoms with Crippen molar-refractivity contribution in [3.8, 4) is 0 Å². The number of aromatic nitrogens is 2. The molecule has 1 saturated heterocycles. The second kappa shape index (κ2) is 11.8. The molecule has 0 spiro atoms. The van der Waals surface area contributed by atoms with Crippen LogP contribution in [-0.4, -0.2) is 80.8 Å². The molecule has 1 amide bonds. The van der Waals surface area contributed by atoms with Gasteiger partial charge in [-0.05, 0) is 118 Å². The number of hydrogen-bond acceptors (Lipinski definition) is 7. The Morgan fingerprint density at radius 3 is 2.25 bits per heavy atom. The fourth-order valence-corrected chi connectivity index (χ4v) is 13.3. The van der Waals surface area contributed by atoms with Crippen molar-refractivity contribution in [1.82, 2.24) is 20.0 Å². The number of piperazine rings is 1. The molecule has 52 heavy (non-hydrogen) atoms. The zero-order chi connectivity index (χ0) is 38.0. The Kier molecular flexibility index (Phi) is 8.50. The average molecular weight is 720 g/mol. The van der Waals surface area contributed by atoms with Crippen LogP contribution in [0.1, 0.15) is 132 Å². The van der Waals surface area contributed by atoms with Crippen molar-refractivity contribution in [1.29, 1.82) is 0 Å². The van der Waals surface area contributed by atoms with Crippen LogP contribution < -0.4 is 5.73 Å². The van der Waals surface area contributed by atoms with Gasteiger partial charge in [-0.1, -0.05) is 60.1 Å². The average Bonchev–Trinajstić information content (AvgIpc) is 3.40. The summed E-state index contributed by atoms with van der Waals surface area (Å²) in [7, 11) is 0. The molecule has 0 radical (unpaired) electrons. The molecule has 4 fully saturated rings. The van der Waals surface area contributed by atoms with E-state index in [4.69, 9.17) is 15.6 Å². The molecular formula is C42H65N5O5. The third kappa shape index (κ3) is 5.33. The molecular weight excluding hydrogens is 654 g/mol. The summed E-state index contributed by atoms with van der Waals surface area (Å²) in [6.45, 7) is 23.8. The van der Waals surface area contributed by atoms with E-state index in [1.807, 2.05) is 25.7 Å². The summed E-state index contributed by atoms with van der Waals surface area (Å²) in [5.41, 5.74) is 8.89. The van der Waals surface area contributed by atoms with Gasteiger partial charge in [0.15, 0.2) is 11.8 Å². The zero-order valence-corrected chi connectivity index (χ0v) is 33.6. The summed E-state index contributed by atoms with van der Waals surface area (Å²) in [4.78, 5) is 44.9. The minimum absolute atomic E-state index is 0.00564. The summed E-state index contributed by atoms with van der Waals surface area (Å²) in [5.74, 6) is 1.18. The van der Waals surface area contributed by atoms with Crippen molar-refractivity contribution < 1.29 is 24.2 Å². The molecule has 4 unspecified atom stereocenters. The zero-order valence-electron chi connectivity index (χ0n) is 33.6. The first-order chi connectivity index (χ1) is 24.0. The number of ketones is 1. The van der Waals surface area contributed by atoms with Crippen molar-refractivity contribution in [2.24, 2.45) is 44.8 Å². The minimum atomic E-state index is -1.05. The van der Waals surface area contributed by atoms with Gasteiger partial charge >= 0.3 is 12.1 Å². The molecule has 1 aromatic rings. The number of esters is 1. The van der Waals surface area contributed by atoms with E-state index in [1.54, 1.807) is 0 Å². The fourth-order valence-electron chi connectivity index (χ4n) is 13.3. The van der Waals surface area contributed by atoms with Gasteiger partial charge in [0.1, 0.15) is 11.4 Å². The lowest BCUT2D eigenvalue weighted by atomic mass is 9.33. The van der Waals surface area contributed by atoms with Gasteiger partial charge in [0.25, 0.3) is 0 Å². The summed E-state index contributed by atoms with van der Waals surface area (Å²) < 4.78 is 6.01. The van der Waals surface area contributed by atoms with Crippen LogP contribution in [-0.2, 0) is 26.2 Å². The van der Waals surface area contributed by atoms with Gasteiger partial charge < -0.3 is 20.5 Å². The molecule has 2 heterocycles. The minimum Gasteiger partial charge on any atom is -0.465 e. The molecule has 4 N–H and O–H groups in total. The van der Waals surface area contributed by atoms with E-state index >= 15 is 4.79 Å². The van der Waals surface area contributed by atoms with Crippen molar-refractivity contribution in [3.05, 3.63) is 22.9 Å². The number of nitrogens with zero attached hydrogens (tertiary/aromatic N) is 3. The van der Waals surface area contributed by atoms with E-state index in [0.29, 0.717) is 30.7 Å². The first kappa shape index (κ1) is 37.4. The van der Waals surface area contributed by atoms with Crippen LogP contribution in [0.15, 0.2) is 11.6 Å². The van der Waals surface area contributed by atoms with Crippen molar-refractivity contribution in [3.63, 3.8) is 0 Å². The Hall–Kier alpha value is -2.88. The third-order valence-electron chi connectivity index (χ3n) is 16.2. The van der Waals surface area contributed by atoms with Gasteiger partial charge in [-0.15, -0.1) is 0 Å². The van der Waals surface area contributed by atoms with Gasteiger partial charge in [0.2, 0.25) is 0 Å². The molecule has 3 saturated carbocycles. The van der Waals surface area contributed by atoms with Gasteiger partial charge in [-0.3, -0.25) is 14.8 Å². The number of aromatic amines is 1. The molecule has 10 nitrogen and oxygen atoms in total. The van der Waals surface area contributed by atoms with Crippen molar-refractivity contribution in [2.75, 3.05) is 31.9 Å². The lowest BCUT2D eigenvalue weighted by molar-refractivity contribution is -0.176. The summed E-state index contributed by atoms with van der Waals surface area (Å²) in [6, 6.07) is -1.05. The molecule has 0 aromatic carbocycles. The molecule has 6 aliphatic rings. The van der Waals surface area contributed by atoms with Crippen LogP contribution in [0.3, 0.4) is 0 Å². The number of nitrogens with one attached hydrogen (secondary N) is 1. The van der Waals surface area contributed by atoms with Gasteiger partial charge in [-0.25, -0.2) is 9.59 Å². The Bertz CT molecular complexity index is 1680. The number of anilines is 1. The highest BCUT2D eigenvalue weighted by atomic mass is 16.6. The Labute approximate surface area is 311 Å². The quantitative estimate of drug-likeness (QED) is 0.166. The highest BCUT2D eigenvalue weighted by Crippen LogP contribution is 2.75. The van der Waals surface area contributed by atoms with E-state index in [1.165, 1.54) is 16.0 Å². The predicted octanol–water partition coefficient (Wildman–Crippen LogP) is 7.38. The maximum absolute atomic E-state index is 15.6. The third-order valence-corrected chi connectivity index (χ3v) is 16.2. The second-order valence-corrected chi connectivity index (χ2v) is 20.8. The first-order valence-corrected chi connectivity index (χ1v) is 20.0. The number of nitrogen functional groups attached to an aromatic ring is 1. The molecule has 7 rings (SSSR count). The number of amides is 1. The smallest absolute Gasteiger partial charge is 0.407 e. The van der Waals surface area contributed by atoms with E-state index in [9.17, 15) is 14.7 Å². The monoisotopic (exact) mass is 719 g/mol. The van der Waals surface area contributed by atoms with Crippen LogP contribution in [0, 0.1) is 44.8 Å². The topological polar surface area (TPSA) is 142 Å². The molecule has 0 bridgehead atoms. The van der Waals surface area contributed by atoms with Crippen LogP contribution in [0.4, 0.5) is 10.6 Å². The number of carboxylic acid groups (broad SMARTS) is 1. The highest BCUT2D eigenvalue weighted by Gasteiger charge is 2.70. The number of fused-ring (bicyclic) bond motifs is 8. The highest BCUT2D eigenvalue weighted by molar-refractivity contribution is 6.06. The van der Waals surface area contributed by atoms with Gasteiger partial charge in [0.05, 0.1) is 5.69 Å². The number of rotatable bonds is 4. The first-order valence-electron chi connectivity index (χ1n) is 20.0. The van der Waals surface area contributed by atoms with Crippen molar-refractivity contribution >= 4 is 23.7 Å². The van der Waals surface area contributed by atoms with Gasteiger partial charge in [-0.2, -0.15) is 5.10 Å². The number of ether oxygens (including phenoxy) is 1. The molecule has 5 aliphatic carbocycles. The SMILES string of the molecule is CC1(C)CC[C@]2(C(=O)C(C(=O)OC(C)(C)C)N3CCN(C(=O)O)CC3)CC[C@]3(C)C(=CCC4[C@@]5(C)Cc6c(n[nH]c6N)C(C)(C)C5CC[C@]43C)C2C1. The Morgan fingerprint density at radius 1 is 0.962 bits per heavy atom. The normalized spacial score (nSPS) is 38.7. The molecule has 10 heteroatoms. The molecule has 1 aliphatic heterocycles. The summed E-state index contributed by atoms with van der Waals surface area (Å²) in [5, 5.41) is 17.5. The summed E-state index contributed by atoms with van der Waals surface area (Å²) >= 11 is 0. The predicted molar refractivity (Wildman–Crippen MR) is 202 cm³/mol. The Morgan fingerprint density at radius 2 is 1.62 bits per heavy atom. The Balaban J connectivity index is 1.29. The lowest BCUT2D eigenvalue weighted by Crippen LogP contribution is -2.66. The lowest BCUT2D eigenvalue weighted by Gasteiger charge is -2.70. The van der Waals surface area contributed by atoms with E-state index < -0.39 is 29.1 Å². The number of carbonyl (C=O) groups is 3. The standard InChI is InChI=1S/C42H65N5O5/c1-36(2,3)52-34(49)30(46-19-21-47(22-20-46)35(50)51)32(48)42-17-15-37(4,5)24-27(42)26-11-12-29-39(8)23-25-31(44-45-33(25)43)38(6,7)28(39)13-14-41(29,10)40(26,9)16-18-42/h11,27-30H,12-24H2,1-10H3,(H,50,51)(H3,43,44,45)/t27?,28?,29?,30?,39-,40+,41+,42-/m0/s1. The van der Waals surface area contributed by atoms with E-state index in [2.05, 4.69) is 59.6 Å². The van der Waals surface area contributed by atoms with Gasteiger partial charge in [0, 0.05) is 42.6 Å². The second-order valence-electron chi connectivity index (χ2n) is 20.8. The fraction of sp³-hybridized carbons (Fsp3) is 0.810. The van der Waals surface area contributed by atoms with Crippen LogP contribution in [0.5, 0.6) is 0 Å². The maximum Gasteiger partial charge on any atom is 0.407 e. The maximum atomic E-state index is 15.6. The van der Waals surface area contributed by atoms with E-state index in [0.717, 1.165) is 63.5 Å². The molecule has 8 atom stereocenters. The van der Waals surface area contributed by atoms with Crippen LogP contribution in [0.2, 0.25) is 0 Å². The van der Waals surface area contributed by atoms with Crippen molar-refractivity contribution in [2.45, 2.75) is 144 Å². The van der Waals surface area contributed by atoms with Crippen LogP contribution >= 0.6 is 0 Å². The number of hydrogen-bond donors (Lipinski definition) is 3. The number of nitrogens with two attached hydrogens (primary N) is 1. The number of Topliss-reactive ketones (excluding diaryl/α,β-unsaturated/α-hetero) is 1. The van der Waals surface area contributed by atoms with E-state index in [-0.39, 0.29) is 51.9 Å². The largest absolute Gasteiger partial charge is 0.465 e.